The van der Waals surface area contributed by atoms with E-state index in [-0.39, 0.29) is 45.5 Å². The second kappa shape index (κ2) is 7.81. The van der Waals surface area contributed by atoms with Crippen molar-refractivity contribution in [1.29, 1.82) is 0 Å². The van der Waals surface area contributed by atoms with Gasteiger partial charge in [-0.3, -0.25) is 9.59 Å². The van der Waals surface area contributed by atoms with Gasteiger partial charge in [0, 0.05) is 12.5 Å². The van der Waals surface area contributed by atoms with Crippen LogP contribution in [-0.2, 0) is 21.2 Å². The van der Waals surface area contributed by atoms with Crippen LogP contribution in [0, 0.1) is 5.82 Å². The lowest BCUT2D eigenvalue weighted by Crippen LogP contribution is -2.30. The summed E-state index contributed by atoms with van der Waals surface area (Å²) in [6.07, 6.45) is 1.98. The molecule has 31 heavy (non-hydrogen) atoms. The Kier molecular flexibility index (Phi) is 5.30. The third kappa shape index (κ3) is 4.32. The number of fused-ring (bicyclic) bond motifs is 1. The molecule has 1 aromatic heterocycles. The Morgan fingerprint density at radius 1 is 1.19 bits per heavy atom. The zero-order valence-electron chi connectivity index (χ0n) is 16.9. The highest BCUT2D eigenvalue weighted by atomic mass is 32.2. The van der Waals surface area contributed by atoms with Crippen molar-refractivity contribution in [2.24, 2.45) is 0 Å². The molecule has 7 nitrogen and oxygen atoms in total. The van der Waals surface area contributed by atoms with Gasteiger partial charge in [0.05, 0.1) is 12.5 Å². The number of benzene rings is 2. The summed E-state index contributed by atoms with van der Waals surface area (Å²) < 4.78 is 52.6. The van der Waals surface area contributed by atoms with Gasteiger partial charge in [0.25, 0.3) is 10.0 Å². The van der Waals surface area contributed by atoms with Crippen LogP contribution < -0.4 is 9.46 Å². The molecule has 4 rings (SSSR count). The van der Waals surface area contributed by atoms with Gasteiger partial charge in [0.1, 0.15) is 27.8 Å². The topological polar surface area (TPSA) is 103 Å². The lowest BCUT2D eigenvalue weighted by atomic mass is 10.1. The fraction of sp³-hybridized carbons (Fsp3) is 0.273. The number of furan rings is 1. The second-order valence-corrected chi connectivity index (χ2v) is 9.25. The zero-order valence-corrected chi connectivity index (χ0v) is 17.7. The second-order valence-electron chi connectivity index (χ2n) is 7.60. The van der Waals surface area contributed by atoms with E-state index in [4.69, 9.17) is 9.15 Å². The fourth-order valence-electron chi connectivity index (χ4n) is 3.44. The molecule has 0 radical (unpaired) electrons. The Labute approximate surface area is 178 Å². The van der Waals surface area contributed by atoms with Crippen LogP contribution in [-0.4, -0.2) is 27.2 Å². The minimum atomic E-state index is -4.36. The summed E-state index contributed by atoms with van der Waals surface area (Å²) in [5.41, 5.74) is 1.44. The molecule has 162 valence electrons. The van der Waals surface area contributed by atoms with E-state index in [1.54, 1.807) is 12.1 Å². The van der Waals surface area contributed by atoms with Crippen LogP contribution in [0.3, 0.4) is 0 Å². The van der Waals surface area contributed by atoms with E-state index in [1.807, 2.05) is 4.72 Å². The summed E-state index contributed by atoms with van der Waals surface area (Å²) in [6, 6.07) is 8.52. The third-order valence-electron chi connectivity index (χ3n) is 5.08. The summed E-state index contributed by atoms with van der Waals surface area (Å²) in [7, 11) is -3.07. The third-order valence-corrected chi connectivity index (χ3v) is 6.43. The van der Waals surface area contributed by atoms with E-state index < -0.39 is 21.7 Å². The Morgan fingerprint density at radius 3 is 2.58 bits per heavy atom. The summed E-state index contributed by atoms with van der Waals surface area (Å²) in [5.74, 6) is -1.74. The van der Waals surface area contributed by atoms with Gasteiger partial charge in [-0.25, -0.2) is 17.5 Å². The van der Waals surface area contributed by atoms with Crippen LogP contribution in [0.15, 0.2) is 45.7 Å². The van der Waals surface area contributed by atoms with Crippen LogP contribution in [0.25, 0.3) is 11.0 Å². The molecule has 1 fully saturated rings. The van der Waals surface area contributed by atoms with Gasteiger partial charge in [-0.1, -0.05) is 6.07 Å². The molecule has 3 aromatic rings. The van der Waals surface area contributed by atoms with Crippen molar-refractivity contribution in [3.05, 3.63) is 59.1 Å². The molecule has 9 heteroatoms. The number of hydrogen-bond acceptors (Lipinski definition) is 6. The number of ether oxygens (including phenoxy) is 1. The molecule has 1 saturated carbocycles. The first kappa shape index (κ1) is 21.0. The fourth-order valence-corrected chi connectivity index (χ4v) is 4.61. The quantitative estimate of drug-likeness (QED) is 0.595. The highest BCUT2D eigenvalue weighted by molar-refractivity contribution is 7.90. The molecule has 0 unspecified atom stereocenters. The maximum absolute atomic E-state index is 14.4. The molecule has 0 spiro atoms. The van der Waals surface area contributed by atoms with Crippen molar-refractivity contribution >= 4 is 32.7 Å². The smallest absolute Gasteiger partial charge is 0.300 e. The number of ketones is 1. The Hall–Kier alpha value is -3.20. The predicted octanol–water partition coefficient (Wildman–Crippen LogP) is 3.71. The number of carbonyl (C=O) groups is 2. The minimum absolute atomic E-state index is 0.0114. The number of Topliss-reactive ketones (excluding diaryl/α,β-unsaturated/α-hetero) is 1. The van der Waals surface area contributed by atoms with E-state index in [0.717, 1.165) is 18.4 Å². The molecular formula is C22H20FNO6S. The monoisotopic (exact) mass is 445 g/mol. The van der Waals surface area contributed by atoms with Crippen LogP contribution in [0.2, 0.25) is 0 Å². The van der Waals surface area contributed by atoms with Crippen LogP contribution in [0.1, 0.15) is 47.4 Å². The number of nitrogens with one attached hydrogen (secondary N) is 1. The molecule has 1 amide bonds. The Balaban J connectivity index is 1.64. The van der Waals surface area contributed by atoms with Gasteiger partial charge in [-0.2, -0.15) is 0 Å². The van der Waals surface area contributed by atoms with Gasteiger partial charge in [0.2, 0.25) is 0 Å². The standard InChI is InChI=1S/C22H20FNO6S/c1-12(25)7-13-3-6-18(29-2)21(8-13)31(27,28)24-22(26)20-11-16-17(23)9-15(14-4-5-14)10-19(16)30-20/h3,6,8-11,14H,4-5,7H2,1-2H3,(H,24,26). The first-order valence-corrected chi connectivity index (χ1v) is 11.1. The van der Waals surface area contributed by atoms with Gasteiger partial charge in [-0.15, -0.1) is 0 Å². The molecule has 0 atom stereocenters. The summed E-state index contributed by atoms with van der Waals surface area (Å²) in [4.78, 5) is 23.7. The SMILES string of the molecule is COc1ccc(CC(C)=O)cc1S(=O)(=O)NC(=O)c1cc2c(F)cc(C3CC3)cc2o1. The van der Waals surface area contributed by atoms with E-state index in [0.29, 0.717) is 5.56 Å². The van der Waals surface area contributed by atoms with Crippen LogP contribution >= 0.6 is 0 Å². The normalized spacial score (nSPS) is 13.9. The molecular weight excluding hydrogens is 425 g/mol. The first-order chi connectivity index (χ1) is 14.7. The molecule has 2 aromatic carbocycles. The lowest BCUT2D eigenvalue weighted by Gasteiger charge is -2.11. The van der Waals surface area contributed by atoms with Gasteiger partial charge >= 0.3 is 5.91 Å². The van der Waals surface area contributed by atoms with Gasteiger partial charge in [-0.05, 0) is 61.1 Å². The maximum Gasteiger partial charge on any atom is 0.300 e. The minimum Gasteiger partial charge on any atom is -0.495 e. The highest BCUT2D eigenvalue weighted by Gasteiger charge is 2.28. The lowest BCUT2D eigenvalue weighted by molar-refractivity contribution is -0.116. The number of carbonyl (C=O) groups excluding carboxylic acids is 2. The summed E-state index contributed by atoms with van der Waals surface area (Å²) in [5, 5.41) is 0.105. The van der Waals surface area contributed by atoms with Crippen molar-refractivity contribution in [2.75, 3.05) is 7.11 Å². The molecule has 0 aliphatic heterocycles. The van der Waals surface area contributed by atoms with E-state index >= 15 is 0 Å². The summed E-state index contributed by atoms with van der Waals surface area (Å²) in [6.45, 7) is 1.38. The van der Waals surface area contributed by atoms with Crippen LogP contribution in [0.4, 0.5) is 4.39 Å². The highest BCUT2D eigenvalue weighted by Crippen LogP contribution is 2.41. The Morgan fingerprint density at radius 2 is 1.94 bits per heavy atom. The summed E-state index contributed by atoms with van der Waals surface area (Å²) >= 11 is 0. The molecule has 0 saturated heterocycles. The van der Waals surface area contributed by atoms with Gasteiger partial charge in [0.15, 0.2) is 5.76 Å². The van der Waals surface area contributed by atoms with Crippen molar-refractivity contribution in [3.63, 3.8) is 0 Å². The van der Waals surface area contributed by atoms with Crippen molar-refractivity contribution in [2.45, 2.75) is 37.0 Å². The number of methoxy groups -OCH3 is 1. The number of sulfonamides is 1. The number of rotatable bonds is 7. The maximum atomic E-state index is 14.4. The number of hydrogen-bond donors (Lipinski definition) is 1. The zero-order chi connectivity index (χ0) is 22.3. The number of amides is 1. The van der Waals surface area contributed by atoms with E-state index in [2.05, 4.69) is 0 Å². The van der Waals surface area contributed by atoms with Crippen molar-refractivity contribution in [1.82, 2.24) is 4.72 Å². The van der Waals surface area contributed by atoms with Crippen molar-refractivity contribution in [3.8, 4) is 5.75 Å². The average Bonchev–Trinajstić information content (AvgIpc) is 3.46. The predicted molar refractivity (Wildman–Crippen MR) is 110 cm³/mol. The van der Waals surface area contributed by atoms with E-state index in [9.17, 15) is 22.4 Å². The molecule has 1 heterocycles. The first-order valence-electron chi connectivity index (χ1n) is 9.64. The molecule has 1 N–H and O–H groups in total. The van der Waals surface area contributed by atoms with Crippen LogP contribution in [0.5, 0.6) is 5.75 Å². The largest absolute Gasteiger partial charge is 0.495 e. The number of halogens is 1. The molecule has 1 aliphatic rings. The van der Waals surface area contributed by atoms with Gasteiger partial charge < -0.3 is 9.15 Å². The van der Waals surface area contributed by atoms with Crippen molar-refractivity contribution < 1.29 is 31.6 Å². The van der Waals surface area contributed by atoms with E-state index in [1.165, 1.54) is 38.3 Å². The average molecular weight is 445 g/mol. The molecule has 0 bridgehead atoms. The molecule has 1 aliphatic carbocycles. The Bertz CT molecular complexity index is 1310.